The molecule has 0 amide bonds. The third kappa shape index (κ3) is 5.27. The van der Waals surface area contributed by atoms with E-state index >= 15 is 0 Å². The van der Waals surface area contributed by atoms with Crippen LogP contribution in [0.5, 0.6) is 0 Å². The van der Waals surface area contributed by atoms with Crippen LogP contribution in [0.1, 0.15) is 18.4 Å². The minimum atomic E-state index is -4.09. The fraction of sp³-hybridized carbons (Fsp3) is 0.500. The highest BCUT2D eigenvalue weighted by Gasteiger charge is 2.25. The standard InChI is InChI=1S/C12H15BrF3NO/c1-18-8-9-10(13)4-2-5-11(9)17-7-3-6-12(14,15)16/h2,4-5,17H,3,6-8H2,1H3. The van der Waals surface area contributed by atoms with Crippen molar-refractivity contribution in [3.05, 3.63) is 28.2 Å². The van der Waals surface area contributed by atoms with Gasteiger partial charge in [-0.2, -0.15) is 13.2 Å². The number of nitrogens with one attached hydrogen (secondary N) is 1. The molecule has 102 valence electrons. The van der Waals surface area contributed by atoms with Crippen LogP contribution < -0.4 is 5.32 Å². The quantitative estimate of drug-likeness (QED) is 0.785. The van der Waals surface area contributed by atoms with Gasteiger partial charge in [0.05, 0.1) is 6.61 Å². The van der Waals surface area contributed by atoms with E-state index in [1.807, 2.05) is 18.2 Å². The first-order chi connectivity index (χ1) is 8.44. The molecule has 1 N–H and O–H groups in total. The summed E-state index contributed by atoms with van der Waals surface area (Å²) in [5.74, 6) is 0. The zero-order valence-electron chi connectivity index (χ0n) is 9.98. The molecule has 0 saturated carbocycles. The van der Waals surface area contributed by atoms with E-state index < -0.39 is 12.6 Å². The summed E-state index contributed by atoms with van der Waals surface area (Å²) in [6.45, 7) is 0.690. The first kappa shape index (κ1) is 15.3. The molecule has 0 spiro atoms. The van der Waals surface area contributed by atoms with Gasteiger partial charge in [-0.05, 0) is 18.6 Å². The molecule has 6 heteroatoms. The Morgan fingerprint density at radius 3 is 2.67 bits per heavy atom. The van der Waals surface area contributed by atoms with Crippen molar-refractivity contribution in [1.82, 2.24) is 0 Å². The Hall–Kier alpha value is -0.750. The summed E-state index contributed by atoms with van der Waals surface area (Å²) < 4.78 is 41.9. The zero-order chi connectivity index (χ0) is 13.6. The fourth-order valence-corrected chi connectivity index (χ4v) is 2.01. The molecule has 0 atom stereocenters. The summed E-state index contributed by atoms with van der Waals surface area (Å²) in [6.07, 6.45) is -4.80. The van der Waals surface area contributed by atoms with E-state index in [1.165, 1.54) is 0 Å². The summed E-state index contributed by atoms with van der Waals surface area (Å²) in [6, 6.07) is 5.53. The molecular weight excluding hydrogens is 311 g/mol. The maximum Gasteiger partial charge on any atom is 0.389 e. The van der Waals surface area contributed by atoms with Crippen LogP contribution in [0.25, 0.3) is 0 Å². The molecule has 0 radical (unpaired) electrons. The van der Waals surface area contributed by atoms with Gasteiger partial charge in [0.25, 0.3) is 0 Å². The molecule has 1 aromatic rings. The van der Waals surface area contributed by atoms with E-state index in [0.717, 1.165) is 15.7 Å². The topological polar surface area (TPSA) is 21.3 Å². The lowest BCUT2D eigenvalue weighted by molar-refractivity contribution is -0.134. The Kier molecular flexibility index (Phi) is 5.95. The number of alkyl halides is 3. The largest absolute Gasteiger partial charge is 0.389 e. The molecule has 2 nitrogen and oxygen atoms in total. The number of methoxy groups -OCH3 is 1. The van der Waals surface area contributed by atoms with E-state index in [9.17, 15) is 13.2 Å². The lowest BCUT2D eigenvalue weighted by atomic mass is 10.2. The number of benzene rings is 1. The van der Waals surface area contributed by atoms with E-state index in [2.05, 4.69) is 21.2 Å². The summed E-state index contributed by atoms with van der Waals surface area (Å²) in [5, 5.41) is 3.00. The summed E-state index contributed by atoms with van der Waals surface area (Å²) in [5.41, 5.74) is 1.71. The molecule has 0 aliphatic rings. The number of rotatable bonds is 6. The lowest BCUT2D eigenvalue weighted by Gasteiger charge is -2.13. The monoisotopic (exact) mass is 325 g/mol. The Labute approximate surface area is 113 Å². The molecule has 0 aliphatic heterocycles. The highest BCUT2D eigenvalue weighted by Crippen LogP contribution is 2.26. The van der Waals surface area contributed by atoms with Gasteiger partial charge in [-0.1, -0.05) is 22.0 Å². The molecule has 0 unspecified atom stereocenters. The van der Waals surface area contributed by atoms with Gasteiger partial charge in [-0.3, -0.25) is 0 Å². The maximum atomic E-state index is 12.0. The van der Waals surface area contributed by atoms with Gasteiger partial charge in [-0.15, -0.1) is 0 Å². The number of anilines is 1. The van der Waals surface area contributed by atoms with Crippen molar-refractivity contribution in [2.24, 2.45) is 0 Å². The molecule has 0 bridgehead atoms. The first-order valence-electron chi connectivity index (χ1n) is 5.51. The lowest BCUT2D eigenvalue weighted by Crippen LogP contribution is -2.11. The Morgan fingerprint density at radius 2 is 2.06 bits per heavy atom. The predicted octanol–water partition coefficient (Wildman–Crippen LogP) is 4.35. The van der Waals surface area contributed by atoms with E-state index in [0.29, 0.717) is 6.61 Å². The Morgan fingerprint density at radius 1 is 1.33 bits per heavy atom. The molecule has 0 saturated heterocycles. The van der Waals surface area contributed by atoms with Crippen LogP contribution in [-0.2, 0) is 11.3 Å². The number of hydrogen-bond acceptors (Lipinski definition) is 2. The van der Waals surface area contributed by atoms with E-state index in [-0.39, 0.29) is 13.0 Å². The number of hydrogen-bond donors (Lipinski definition) is 1. The van der Waals surface area contributed by atoms with Gasteiger partial charge in [0.1, 0.15) is 0 Å². The van der Waals surface area contributed by atoms with Crippen molar-refractivity contribution in [3.8, 4) is 0 Å². The molecule has 1 rings (SSSR count). The van der Waals surface area contributed by atoms with Crippen LogP contribution in [0.15, 0.2) is 22.7 Å². The third-order valence-corrected chi connectivity index (χ3v) is 3.10. The summed E-state index contributed by atoms with van der Waals surface area (Å²) in [7, 11) is 1.58. The van der Waals surface area contributed by atoms with E-state index in [4.69, 9.17) is 4.74 Å². The van der Waals surface area contributed by atoms with Crippen LogP contribution in [0.3, 0.4) is 0 Å². The molecule has 0 aromatic heterocycles. The second-order valence-corrected chi connectivity index (χ2v) is 4.70. The van der Waals surface area contributed by atoms with Crippen LogP contribution in [-0.4, -0.2) is 19.8 Å². The Bertz CT molecular complexity index is 382. The van der Waals surface area contributed by atoms with Crippen molar-refractivity contribution in [3.63, 3.8) is 0 Å². The smallest absolute Gasteiger partial charge is 0.385 e. The van der Waals surface area contributed by atoms with Crippen molar-refractivity contribution < 1.29 is 17.9 Å². The van der Waals surface area contributed by atoms with Gasteiger partial charge in [0.2, 0.25) is 0 Å². The molecular formula is C12H15BrF3NO. The normalized spacial score (nSPS) is 11.6. The number of halogens is 4. The predicted molar refractivity (Wildman–Crippen MR) is 68.6 cm³/mol. The average molecular weight is 326 g/mol. The highest BCUT2D eigenvalue weighted by molar-refractivity contribution is 9.10. The fourth-order valence-electron chi connectivity index (χ4n) is 1.53. The molecule has 0 heterocycles. The van der Waals surface area contributed by atoms with Crippen molar-refractivity contribution in [1.29, 1.82) is 0 Å². The first-order valence-corrected chi connectivity index (χ1v) is 6.30. The highest BCUT2D eigenvalue weighted by atomic mass is 79.9. The van der Waals surface area contributed by atoms with Crippen LogP contribution >= 0.6 is 15.9 Å². The average Bonchev–Trinajstić information content (AvgIpc) is 2.27. The van der Waals surface area contributed by atoms with Gasteiger partial charge in [0.15, 0.2) is 0 Å². The summed E-state index contributed by atoms with van der Waals surface area (Å²) >= 11 is 3.39. The second-order valence-electron chi connectivity index (χ2n) is 3.84. The van der Waals surface area contributed by atoms with Crippen LogP contribution in [0, 0.1) is 0 Å². The maximum absolute atomic E-state index is 12.0. The van der Waals surface area contributed by atoms with Crippen LogP contribution in [0.2, 0.25) is 0 Å². The van der Waals surface area contributed by atoms with Gasteiger partial charge in [0, 0.05) is 35.8 Å². The molecule has 0 fully saturated rings. The third-order valence-electron chi connectivity index (χ3n) is 2.36. The summed E-state index contributed by atoms with van der Waals surface area (Å²) in [4.78, 5) is 0. The van der Waals surface area contributed by atoms with Crippen LogP contribution in [0.4, 0.5) is 18.9 Å². The van der Waals surface area contributed by atoms with Crippen molar-refractivity contribution in [2.45, 2.75) is 25.6 Å². The van der Waals surface area contributed by atoms with Crippen molar-refractivity contribution in [2.75, 3.05) is 19.0 Å². The van der Waals surface area contributed by atoms with Crippen molar-refractivity contribution >= 4 is 21.6 Å². The molecule has 1 aromatic carbocycles. The van der Waals surface area contributed by atoms with E-state index in [1.54, 1.807) is 7.11 Å². The minimum absolute atomic E-state index is 0.0580. The van der Waals surface area contributed by atoms with Gasteiger partial charge < -0.3 is 10.1 Å². The SMILES string of the molecule is COCc1c(Br)cccc1NCCCC(F)(F)F. The van der Waals surface area contributed by atoms with Gasteiger partial charge in [-0.25, -0.2) is 0 Å². The number of ether oxygens (including phenoxy) is 1. The second kappa shape index (κ2) is 6.99. The molecule has 18 heavy (non-hydrogen) atoms. The minimum Gasteiger partial charge on any atom is -0.385 e. The van der Waals surface area contributed by atoms with Gasteiger partial charge >= 0.3 is 6.18 Å². The molecule has 0 aliphatic carbocycles. The zero-order valence-corrected chi connectivity index (χ0v) is 11.6. The Balaban J connectivity index is 2.54.